The first-order valence-electron chi connectivity index (χ1n) is 8.80. The molecule has 0 bridgehead atoms. The molecule has 1 aliphatic rings. The van der Waals surface area contributed by atoms with E-state index in [4.69, 9.17) is 10.5 Å². The molecule has 6 nitrogen and oxygen atoms in total. The number of ether oxygens (including phenoxy) is 1. The van der Waals surface area contributed by atoms with E-state index in [0.717, 1.165) is 12.1 Å². The van der Waals surface area contributed by atoms with E-state index < -0.39 is 5.91 Å². The molecule has 0 aromatic heterocycles. The molecule has 1 heterocycles. The number of amides is 2. The largest absolute Gasteiger partial charge is 0.371 e. The Morgan fingerprint density at radius 1 is 1.15 bits per heavy atom. The Labute approximate surface area is 157 Å². The van der Waals surface area contributed by atoms with E-state index in [0.29, 0.717) is 37.4 Å². The number of morpholine rings is 1. The Hall–Kier alpha value is -2.77. The number of nitrogens with two attached hydrogens (primary N) is 1. The van der Waals surface area contributed by atoms with Gasteiger partial charge in [-0.25, -0.2) is 4.39 Å². The first kappa shape index (κ1) is 19.0. The third kappa shape index (κ3) is 5.35. The third-order valence-electron chi connectivity index (χ3n) is 4.50. The lowest BCUT2D eigenvalue weighted by atomic mass is 10.1. The van der Waals surface area contributed by atoms with Crippen molar-refractivity contribution in [1.82, 2.24) is 4.90 Å². The molecule has 2 aromatic rings. The molecule has 1 unspecified atom stereocenters. The van der Waals surface area contributed by atoms with Gasteiger partial charge >= 0.3 is 0 Å². The molecule has 0 spiro atoms. The van der Waals surface area contributed by atoms with Gasteiger partial charge in [-0.15, -0.1) is 0 Å². The fourth-order valence-corrected chi connectivity index (χ4v) is 2.99. The monoisotopic (exact) mass is 371 g/mol. The molecule has 2 amide bonds. The maximum Gasteiger partial charge on any atom is 0.248 e. The first-order chi connectivity index (χ1) is 13.0. The highest BCUT2D eigenvalue weighted by molar-refractivity contribution is 5.94. The number of primary amides is 1. The van der Waals surface area contributed by atoms with Gasteiger partial charge in [-0.1, -0.05) is 12.1 Å². The Morgan fingerprint density at radius 3 is 2.52 bits per heavy atom. The normalized spacial score (nSPS) is 17.4. The molecule has 7 heteroatoms. The molecule has 27 heavy (non-hydrogen) atoms. The maximum atomic E-state index is 13.1. The number of hydrogen-bond acceptors (Lipinski definition) is 4. The number of anilines is 1. The van der Waals surface area contributed by atoms with Crippen LogP contribution in [-0.2, 0) is 9.53 Å². The maximum absolute atomic E-state index is 13.1. The molecule has 1 saturated heterocycles. The van der Waals surface area contributed by atoms with Crippen LogP contribution in [0.25, 0.3) is 0 Å². The predicted octanol–water partition coefficient (Wildman–Crippen LogP) is 2.33. The summed E-state index contributed by atoms with van der Waals surface area (Å²) in [5, 5.41) is 2.81. The molecule has 2 aromatic carbocycles. The number of nitrogens with one attached hydrogen (secondary N) is 1. The lowest BCUT2D eigenvalue weighted by Gasteiger charge is -2.33. The fourth-order valence-electron chi connectivity index (χ4n) is 2.99. The quantitative estimate of drug-likeness (QED) is 0.816. The number of halogens is 1. The van der Waals surface area contributed by atoms with Gasteiger partial charge in [-0.2, -0.15) is 0 Å². The van der Waals surface area contributed by atoms with Gasteiger partial charge in [-0.3, -0.25) is 14.5 Å². The van der Waals surface area contributed by atoms with Gasteiger partial charge in [0.25, 0.3) is 0 Å². The lowest BCUT2D eigenvalue weighted by Crippen LogP contribution is -2.39. The molecule has 1 fully saturated rings. The smallest absolute Gasteiger partial charge is 0.248 e. The molecular formula is C20H22FN3O3. The minimum Gasteiger partial charge on any atom is -0.371 e. The number of carbonyl (C=O) groups excluding carboxylic acids is 2. The summed E-state index contributed by atoms with van der Waals surface area (Å²) in [6.07, 6.45) is 0.219. The number of nitrogens with zero attached hydrogens (tertiary/aromatic N) is 1. The zero-order valence-corrected chi connectivity index (χ0v) is 14.9. The summed E-state index contributed by atoms with van der Waals surface area (Å²) in [5.74, 6) is -0.880. The van der Waals surface area contributed by atoms with Gasteiger partial charge in [0.1, 0.15) is 5.82 Å². The SMILES string of the molecule is NC(=O)c1ccc(NC(=O)CCN2CCOC(c3ccc(F)cc3)C2)cc1. The molecule has 3 rings (SSSR count). The van der Waals surface area contributed by atoms with Gasteiger partial charge in [0.15, 0.2) is 0 Å². The molecule has 142 valence electrons. The van der Waals surface area contributed by atoms with Crippen molar-refractivity contribution < 1.29 is 18.7 Å². The Balaban J connectivity index is 1.48. The van der Waals surface area contributed by atoms with Crippen LogP contribution >= 0.6 is 0 Å². The number of rotatable bonds is 6. The van der Waals surface area contributed by atoms with E-state index in [9.17, 15) is 14.0 Å². The van der Waals surface area contributed by atoms with Crippen molar-refractivity contribution in [3.8, 4) is 0 Å². The van der Waals surface area contributed by atoms with E-state index in [1.165, 1.54) is 12.1 Å². The van der Waals surface area contributed by atoms with Crippen LogP contribution in [0.1, 0.15) is 28.4 Å². The molecular weight excluding hydrogens is 349 g/mol. The van der Waals surface area contributed by atoms with Crippen LogP contribution in [-0.4, -0.2) is 43.0 Å². The zero-order chi connectivity index (χ0) is 19.2. The second-order valence-corrected chi connectivity index (χ2v) is 6.45. The fraction of sp³-hybridized carbons (Fsp3) is 0.300. The molecule has 0 saturated carbocycles. The predicted molar refractivity (Wildman–Crippen MR) is 99.7 cm³/mol. The number of benzene rings is 2. The second-order valence-electron chi connectivity index (χ2n) is 6.45. The van der Waals surface area contributed by atoms with Crippen molar-refractivity contribution in [2.24, 2.45) is 5.73 Å². The number of hydrogen-bond donors (Lipinski definition) is 2. The Morgan fingerprint density at radius 2 is 1.85 bits per heavy atom. The van der Waals surface area contributed by atoms with Crippen LogP contribution in [0.4, 0.5) is 10.1 Å². The van der Waals surface area contributed by atoms with Gasteiger partial charge in [0.05, 0.1) is 12.7 Å². The van der Waals surface area contributed by atoms with E-state index in [2.05, 4.69) is 10.2 Å². The van der Waals surface area contributed by atoms with E-state index in [1.54, 1.807) is 36.4 Å². The molecule has 3 N–H and O–H groups in total. The molecule has 1 atom stereocenters. The first-order valence-corrected chi connectivity index (χ1v) is 8.80. The van der Waals surface area contributed by atoms with Crippen molar-refractivity contribution in [1.29, 1.82) is 0 Å². The highest BCUT2D eigenvalue weighted by atomic mass is 19.1. The third-order valence-corrected chi connectivity index (χ3v) is 4.50. The minimum absolute atomic E-state index is 0.105. The van der Waals surface area contributed by atoms with Crippen molar-refractivity contribution in [2.75, 3.05) is 31.6 Å². The van der Waals surface area contributed by atoms with Crippen LogP contribution in [0.15, 0.2) is 48.5 Å². The summed E-state index contributed by atoms with van der Waals surface area (Å²) in [7, 11) is 0. The number of carbonyl (C=O) groups is 2. The summed E-state index contributed by atoms with van der Waals surface area (Å²) in [6, 6.07) is 12.8. The van der Waals surface area contributed by atoms with E-state index >= 15 is 0 Å². The summed E-state index contributed by atoms with van der Waals surface area (Å²) >= 11 is 0. The second kappa shape index (κ2) is 8.75. The lowest BCUT2D eigenvalue weighted by molar-refractivity contribution is -0.117. The molecule has 1 aliphatic heterocycles. The van der Waals surface area contributed by atoms with Crippen molar-refractivity contribution in [3.05, 3.63) is 65.5 Å². The van der Waals surface area contributed by atoms with Crippen LogP contribution in [0.3, 0.4) is 0 Å². The van der Waals surface area contributed by atoms with Crippen LogP contribution in [0.5, 0.6) is 0 Å². The van der Waals surface area contributed by atoms with Gasteiger partial charge < -0.3 is 15.8 Å². The molecule has 0 radical (unpaired) electrons. The van der Waals surface area contributed by atoms with Crippen molar-refractivity contribution in [2.45, 2.75) is 12.5 Å². The summed E-state index contributed by atoms with van der Waals surface area (Å²) < 4.78 is 18.8. The highest BCUT2D eigenvalue weighted by Gasteiger charge is 2.22. The standard InChI is InChI=1S/C20H22FN3O3/c21-16-5-1-14(2-6-16)18-13-24(11-12-27-18)10-9-19(25)23-17-7-3-15(4-8-17)20(22)26/h1-8,18H,9-13H2,(H2,22,26)(H,23,25). The average molecular weight is 371 g/mol. The average Bonchev–Trinajstić information content (AvgIpc) is 2.67. The summed E-state index contributed by atoms with van der Waals surface area (Å²) in [6.45, 7) is 2.58. The Bertz CT molecular complexity index is 793. The highest BCUT2D eigenvalue weighted by Crippen LogP contribution is 2.22. The summed E-state index contributed by atoms with van der Waals surface area (Å²) in [4.78, 5) is 25.4. The minimum atomic E-state index is -0.504. The molecule has 0 aliphatic carbocycles. The van der Waals surface area contributed by atoms with Crippen LogP contribution in [0, 0.1) is 5.82 Å². The van der Waals surface area contributed by atoms with Gasteiger partial charge in [-0.05, 0) is 42.0 Å². The topological polar surface area (TPSA) is 84.7 Å². The Kier molecular flexibility index (Phi) is 6.16. The van der Waals surface area contributed by atoms with Crippen molar-refractivity contribution in [3.63, 3.8) is 0 Å². The zero-order valence-electron chi connectivity index (χ0n) is 14.9. The van der Waals surface area contributed by atoms with E-state index in [1.807, 2.05) is 0 Å². The van der Waals surface area contributed by atoms with E-state index in [-0.39, 0.29) is 17.8 Å². The van der Waals surface area contributed by atoms with Gasteiger partial charge in [0, 0.05) is 37.3 Å². The van der Waals surface area contributed by atoms with Crippen molar-refractivity contribution >= 4 is 17.5 Å². The van der Waals surface area contributed by atoms with Crippen LogP contribution in [0.2, 0.25) is 0 Å². The summed E-state index contributed by atoms with van der Waals surface area (Å²) in [5.41, 5.74) is 7.14. The van der Waals surface area contributed by atoms with Crippen LogP contribution < -0.4 is 11.1 Å². The van der Waals surface area contributed by atoms with Gasteiger partial charge in [0.2, 0.25) is 11.8 Å².